The number of hydrogen-bond donors (Lipinski definition) is 0. The number of benzene rings is 2. The number of rotatable bonds is 6. The Bertz CT molecular complexity index is 1060. The largest absolute Gasteiger partial charge is 0.462 e. The second-order valence-corrected chi connectivity index (χ2v) is 8.72. The van der Waals surface area contributed by atoms with E-state index in [1.807, 2.05) is 18.2 Å². The number of halogens is 1. The quantitative estimate of drug-likeness (QED) is 0.308. The smallest absolute Gasteiger partial charge is 0.333 e. The van der Waals surface area contributed by atoms with Crippen LogP contribution in [0.3, 0.4) is 0 Å². The summed E-state index contributed by atoms with van der Waals surface area (Å²) in [7, 11) is 0. The standard InChI is InChI=1S/C23H26ClN3O2/c1-15(2)22(28)29-10-6-7-16-11-17(23(3,4)5)13-19(12-16)27-25-20-9-8-18(24)14-21(20)26-27/h8-9,11-14H,1,6-7,10H2,2-5H3. The van der Waals surface area contributed by atoms with Gasteiger partial charge in [0.2, 0.25) is 0 Å². The van der Waals surface area contributed by atoms with E-state index in [0.29, 0.717) is 17.2 Å². The van der Waals surface area contributed by atoms with Gasteiger partial charge in [0.05, 0.1) is 12.3 Å². The molecular formula is C23H26ClN3O2. The van der Waals surface area contributed by atoms with Gasteiger partial charge >= 0.3 is 5.97 Å². The molecule has 0 unspecified atom stereocenters. The van der Waals surface area contributed by atoms with Gasteiger partial charge in [0.1, 0.15) is 11.0 Å². The average Bonchev–Trinajstić information content (AvgIpc) is 3.07. The SMILES string of the molecule is C=C(C)C(=O)OCCCc1cc(-n2nc3ccc(Cl)cc3n2)cc(C(C)(C)C)c1. The fourth-order valence-electron chi connectivity index (χ4n) is 2.93. The predicted octanol–water partition coefficient (Wildman–Crippen LogP) is 5.42. The zero-order valence-electron chi connectivity index (χ0n) is 17.3. The van der Waals surface area contributed by atoms with Gasteiger partial charge < -0.3 is 4.74 Å². The lowest BCUT2D eigenvalue weighted by Crippen LogP contribution is -2.13. The lowest BCUT2D eigenvalue weighted by atomic mass is 9.85. The molecule has 0 aliphatic heterocycles. The van der Waals surface area contributed by atoms with Crippen molar-refractivity contribution in [3.63, 3.8) is 0 Å². The summed E-state index contributed by atoms with van der Waals surface area (Å²) in [5.41, 5.74) is 5.20. The highest BCUT2D eigenvalue weighted by molar-refractivity contribution is 6.31. The second-order valence-electron chi connectivity index (χ2n) is 8.28. The molecule has 0 N–H and O–H groups in total. The third-order valence-electron chi connectivity index (χ3n) is 4.61. The number of aryl methyl sites for hydroxylation is 1. The Balaban J connectivity index is 1.87. The maximum atomic E-state index is 11.5. The second kappa shape index (κ2) is 8.37. The molecule has 0 radical (unpaired) electrons. The average molecular weight is 412 g/mol. The Labute approximate surface area is 176 Å². The van der Waals surface area contributed by atoms with Gasteiger partial charge in [0.25, 0.3) is 0 Å². The normalized spacial score (nSPS) is 11.6. The highest BCUT2D eigenvalue weighted by Crippen LogP contribution is 2.27. The Hall–Kier alpha value is -2.66. The molecule has 6 heteroatoms. The molecule has 0 fully saturated rings. The van der Waals surface area contributed by atoms with Crippen LogP contribution in [-0.4, -0.2) is 27.6 Å². The minimum atomic E-state index is -0.347. The van der Waals surface area contributed by atoms with E-state index >= 15 is 0 Å². The summed E-state index contributed by atoms with van der Waals surface area (Å²) in [6.45, 7) is 12.1. The molecular weight excluding hydrogens is 386 g/mol. The van der Waals surface area contributed by atoms with Crippen LogP contribution >= 0.6 is 11.6 Å². The Morgan fingerprint density at radius 3 is 2.55 bits per heavy atom. The molecule has 0 atom stereocenters. The van der Waals surface area contributed by atoms with E-state index < -0.39 is 0 Å². The number of aromatic nitrogens is 3. The monoisotopic (exact) mass is 411 g/mol. The number of nitrogens with zero attached hydrogens (tertiary/aromatic N) is 3. The lowest BCUT2D eigenvalue weighted by Gasteiger charge is -2.21. The maximum Gasteiger partial charge on any atom is 0.333 e. The molecule has 0 spiro atoms. The topological polar surface area (TPSA) is 57.0 Å². The van der Waals surface area contributed by atoms with Crippen molar-refractivity contribution >= 4 is 28.6 Å². The molecule has 3 aromatic rings. The van der Waals surface area contributed by atoms with Crippen LogP contribution in [0.2, 0.25) is 5.02 Å². The zero-order valence-corrected chi connectivity index (χ0v) is 18.1. The summed E-state index contributed by atoms with van der Waals surface area (Å²) in [6.07, 6.45) is 1.52. The maximum absolute atomic E-state index is 11.5. The summed E-state index contributed by atoms with van der Waals surface area (Å²) in [4.78, 5) is 13.2. The molecule has 0 amide bonds. The van der Waals surface area contributed by atoms with E-state index in [0.717, 1.165) is 35.1 Å². The van der Waals surface area contributed by atoms with E-state index in [9.17, 15) is 4.79 Å². The molecule has 0 saturated carbocycles. The molecule has 5 nitrogen and oxygen atoms in total. The van der Waals surface area contributed by atoms with Gasteiger partial charge in [-0.05, 0) is 66.6 Å². The van der Waals surface area contributed by atoms with Crippen LogP contribution in [0.4, 0.5) is 0 Å². The Morgan fingerprint density at radius 1 is 1.14 bits per heavy atom. The summed E-state index contributed by atoms with van der Waals surface area (Å²) >= 11 is 6.08. The van der Waals surface area contributed by atoms with E-state index in [2.05, 4.69) is 55.7 Å². The number of carbonyl (C=O) groups excluding carboxylic acids is 1. The molecule has 1 heterocycles. The van der Waals surface area contributed by atoms with Gasteiger partial charge in [-0.2, -0.15) is 4.80 Å². The summed E-state index contributed by atoms with van der Waals surface area (Å²) in [6, 6.07) is 11.9. The zero-order chi connectivity index (χ0) is 21.2. The van der Waals surface area contributed by atoms with Gasteiger partial charge in [0, 0.05) is 10.6 Å². The number of ether oxygens (including phenoxy) is 1. The van der Waals surface area contributed by atoms with Crippen LogP contribution in [0.15, 0.2) is 48.6 Å². The molecule has 0 saturated heterocycles. The van der Waals surface area contributed by atoms with Crippen molar-refractivity contribution in [1.29, 1.82) is 0 Å². The predicted molar refractivity (Wildman–Crippen MR) is 117 cm³/mol. The summed E-state index contributed by atoms with van der Waals surface area (Å²) in [5.74, 6) is -0.347. The number of fused-ring (bicyclic) bond motifs is 1. The molecule has 0 aliphatic carbocycles. The third kappa shape index (κ3) is 5.24. The van der Waals surface area contributed by atoms with Gasteiger partial charge in [-0.25, -0.2) is 4.79 Å². The Kier molecular flexibility index (Phi) is 6.08. The third-order valence-corrected chi connectivity index (χ3v) is 4.84. The first-order valence-electron chi connectivity index (χ1n) is 9.63. The highest BCUT2D eigenvalue weighted by atomic mass is 35.5. The number of esters is 1. The van der Waals surface area contributed by atoms with Crippen molar-refractivity contribution in [3.05, 3.63) is 64.7 Å². The first-order valence-corrected chi connectivity index (χ1v) is 10.0. The Morgan fingerprint density at radius 2 is 1.86 bits per heavy atom. The first-order chi connectivity index (χ1) is 13.6. The summed E-state index contributed by atoms with van der Waals surface area (Å²) in [5, 5.41) is 9.82. The summed E-state index contributed by atoms with van der Waals surface area (Å²) < 4.78 is 5.21. The molecule has 0 aliphatic rings. The molecule has 3 rings (SSSR count). The van der Waals surface area contributed by atoms with E-state index in [1.165, 1.54) is 5.56 Å². The molecule has 152 valence electrons. The van der Waals surface area contributed by atoms with E-state index in [4.69, 9.17) is 16.3 Å². The van der Waals surface area contributed by atoms with Crippen molar-refractivity contribution < 1.29 is 9.53 Å². The van der Waals surface area contributed by atoms with Crippen molar-refractivity contribution in [1.82, 2.24) is 15.0 Å². The van der Waals surface area contributed by atoms with Crippen LogP contribution in [0.25, 0.3) is 16.7 Å². The number of hydrogen-bond acceptors (Lipinski definition) is 4. The molecule has 1 aromatic heterocycles. The first kappa shape index (κ1) is 21.1. The van der Waals surface area contributed by atoms with Crippen molar-refractivity contribution in [2.45, 2.75) is 46.0 Å². The lowest BCUT2D eigenvalue weighted by molar-refractivity contribution is -0.139. The van der Waals surface area contributed by atoms with Crippen LogP contribution < -0.4 is 0 Å². The van der Waals surface area contributed by atoms with Gasteiger partial charge in [-0.15, -0.1) is 10.2 Å². The van der Waals surface area contributed by atoms with Crippen LogP contribution in [0, 0.1) is 0 Å². The molecule has 0 bridgehead atoms. The van der Waals surface area contributed by atoms with Crippen LogP contribution in [-0.2, 0) is 21.4 Å². The van der Waals surface area contributed by atoms with Crippen molar-refractivity contribution in [3.8, 4) is 5.69 Å². The van der Waals surface area contributed by atoms with Gasteiger partial charge in [0.15, 0.2) is 0 Å². The number of carbonyl (C=O) groups is 1. The van der Waals surface area contributed by atoms with Crippen LogP contribution in [0.5, 0.6) is 0 Å². The minimum absolute atomic E-state index is 0.0208. The fourth-order valence-corrected chi connectivity index (χ4v) is 3.10. The molecule has 29 heavy (non-hydrogen) atoms. The van der Waals surface area contributed by atoms with Gasteiger partial charge in [-0.3, -0.25) is 0 Å². The van der Waals surface area contributed by atoms with E-state index in [1.54, 1.807) is 11.7 Å². The van der Waals surface area contributed by atoms with Crippen LogP contribution in [0.1, 0.15) is 45.2 Å². The van der Waals surface area contributed by atoms with E-state index in [-0.39, 0.29) is 11.4 Å². The van der Waals surface area contributed by atoms with Crippen molar-refractivity contribution in [2.24, 2.45) is 0 Å². The van der Waals surface area contributed by atoms with Crippen molar-refractivity contribution in [2.75, 3.05) is 6.61 Å². The molecule has 2 aromatic carbocycles. The highest BCUT2D eigenvalue weighted by Gasteiger charge is 2.17. The van der Waals surface area contributed by atoms with Gasteiger partial charge in [-0.1, -0.05) is 45.0 Å². The fraction of sp³-hybridized carbons (Fsp3) is 0.348. The minimum Gasteiger partial charge on any atom is -0.462 e.